The van der Waals surface area contributed by atoms with Crippen molar-refractivity contribution in [3.05, 3.63) is 70.2 Å². The third kappa shape index (κ3) is 3.20. The number of rotatable bonds is 2. The van der Waals surface area contributed by atoms with Gasteiger partial charge in [0.2, 0.25) is 0 Å². The van der Waals surface area contributed by atoms with Gasteiger partial charge in [0.15, 0.2) is 2.14 Å². The van der Waals surface area contributed by atoms with E-state index in [1.807, 2.05) is 36.4 Å². The van der Waals surface area contributed by atoms with E-state index in [0.29, 0.717) is 0 Å². The highest BCUT2D eigenvalue weighted by atomic mass is 80.0. The second-order valence-corrected chi connectivity index (χ2v) is 12.8. The molecule has 2 aromatic carbocycles. The topological polar surface area (TPSA) is 0 Å². The Morgan fingerprint density at radius 3 is 1.74 bits per heavy atom. The third-order valence-electron chi connectivity index (χ3n) is 2.81. The molecule has 0 spiro atoms. The Balaban J connectivity index is 2.71. The fraction of sp³-hybridized carbons (Fsp3) is 0.143. The number of halogens is 5. The number of benzene rings is 2. The summed E-state index contributed by atoms with van der Waals surface area (Å²) in [5, 5.41) is 0. The first-order valence-electron chi connectivity index (χ1n) is 5.43. The summed E-state index contributed by atoms with van der Waals surface area (Å²) in [6.07, 6.45) is 0. The van der Waals surface area contributed by atoms with Crippen molar-refractivity contribution < 1.29 is 0 Å². The van der Waals surface area contributed by atoms with Gasteiger partial charge in [0.05, 0.1) is 0 Å². The van der Waals surface area contributed by atoms with Gasteiger partial charge in [-0.1, -0.05) is 128 Å². The zero-order chi connectivity index (χ0) is 14.1. The SMILES string of the molecule is Brc1ccccc1C(Br)(c1ccccc1)C(Br)(Br)Br. The first kappa shape index (κ1) is 16.2. The van der Waals surface area contributed by atoms with E-state index in [4.69, 9.17) is 0 Å². The lowest BCUT2D eigenvalue weighted by Gasteiger charge is -2.37. The molecule has 0 amide bonds. The van der Waals surface area contributed by atoms with Crippen LogP contribution in [0, 0.1) is 0 Å². The van der Waals surface area contributed by atoms with E-state index in [0.717, 1.165) is 15.6 Å². The van der Waals surface area contributed by atoms with E-state index in [-0.39, 0.29) is 0 Å². The van der Waals surface area contributed by atoms with Crippen molar-refractivity contribution in [2.45, 2.75) is 6.47 Å². The minimum atomic E-state index is -0.523. The lowest BCUT2D eigenvalue weighted by molar-refractivity contribution is 0.827. The molecule has 0 heterocycles. The van der Waals surface area contributed by atoms with Crippen molar-refractivity contribution >= 4 is 79.6 Å². The lowest BCUT2D eigenvalue weighted by Crippen LogP contribution is -2.34. The molecule has 100 valence electrons. The molecule has 19 heavy (non-hydrogen) atoms. The molecule has 0 aromatic heterocycles. The predicted molar refractivity (Wildman–Crippen MR) is 99.8 cm³/mol. The standard InChI is InChI=1S/C14H9Br5/c15-12-9-5-4-8-11(12)13(16,14(17,18)19)10-6-2-1-3-7-10/h1-9H. The van der Waals surface area contributed by atoms with Crippen LogP contribution in [0.5, 0.6) is 0 Å². The van der Waals surface area contributed by atoms with Crippen molar-refractivity contribution in [3.8, 4) is 0 Å². The van der Waals surface area contributed by atoms with E-state index in [1.165, 1.54) is 0 Å². The summed E-state index contributed by atoms with van der Waals surface area (Å²) >= 11 is 18.6. The Hall–Kier alpha value is 0.840. The van der Waals surface area contributed by atoms with Crippen LogP contribution in [0.4, 0.5) is 0 Å². The monoisotopic (exact) mass is 572 g/mol. The highest BCUT2D eigenvalue weighted by Gasteiger charge is 2.48. The predicted octanol–water partition coefficient (Wildman–Crippen LogP) is 6.93. The Bertz CT molecular complexity index is 562. The first-order chi connectivity index (χ1) is 8.87. The van der Waals surface area contributed by atoms with Crippen LogP contribution >= 0.6 is 79.6 Å². The molecule has 0 aliphatic rings. The largest absolute Gasteiger partial charge is 0.158 e. The molecule has 0 radical (unpaired) electrons. The van der Waals surface area contributed by atoms with Crippen molar-refractivity contribution in [2.75, 3.05) is 0 Å². The quantitative estimate of drug-likeness (QED) is 0.341. The average molecular weight is 577 g/mol. The zero-order valence-electron chi connectivity index (χ0n) is 9.59. The molecule has 0 fully saturated rings. The summed E-state index contributed by atoms with van der Waals surface area (Å²) in [6, 6.07) is 18.4. The summed E-state index contributed by atoms with van der Waals surface area (Å²) in [5.74, 6) is 0. The van der Waals surface area contributed by atoms with Gasteiger partial charge in [-0.05, 0) is 17.2 Å². The summed E-state index contributed by atoms with van der Waals surface area (Å²) < 4.78 is 0.0468. The van der Waals surface area contributed by atoms with Gasteiger partial charge < -0.3 is 0 Å². The second kappa shape index (κ2) is 6.30. The van der Waals surface area contributed by atoms with Gasteiger partial charge in [-0.3, -0.25) is 0 Å². The van der Waals surface area contributed by atoms with Crippen molar-refractivity contribution in [1.29, 1.82) is 0 Å². The zero-order valence-corrected chi connectivity index (χ0v) is 17.5. The summed E-state index contributed by atoms with van der Waals surface area (Å²) in [4.78, 5) is 0. The van der Waals surface area contributed by atoms with Crippen LogP contribution in [0.1, 0.15) is 11.1 Å². The molecular weight excluding hydrogens is 568 g/mol. The van der Waals surface area contributed by atoms with Gasteiger partial charge in [-0.2, -0.15) is 0 Å². The van der Waals surface area contributed by atoms with E-state index in [2.05, 4.69) is 97.8 Å². The van der Waals surface area contributed by atoms with Crippen molar-refractivity contribution in [1.82, 2.24) is 0 Å². The maximum atomic E-state index is 3.90. The van der Waals surface area contributed by atoms with Crippen LogP contribution in [0.2, 0.25) is 0 Å². The minimum absolute atomic E-state index is 0.471. The molecule has 1 unspecified atom stereocenters. The molecule has 1 atom stereocenters. The highest BCUT2D eigenvalue weighted by molar-refractivity contribution is 9.40. The molecule has 0 saturated heterocycles. The minimum Gasteiger partial charge on any atom is -0.0713 e. The number of hydrogen-bond donors (Lipinski definition) is 0. The average Bonchev–Trinajstić information content (AvgIpc) is 2.38. The Kier molecular flexibility index (Phi) is 5.38. The molecule has 0 saturated carbocycles. The van der Waals surface area contributed by atoms with Gasteiger partial charge in [0.1, 0.15) is 4.32 Å². The molecule has 0 N–H and O–H groups in total. The smallest absolute Gasteiger partial charge is 0.0713 e. The molecule has 2 aromatic rings. The van der Waals surface area contributed by atoms with Gasteiger partial charge in [0.25, 0.3) is 0 Å². The van der Waals surface area contributed by atoms with E-state index >= 15 is 0 Å². The molecule has 5 heteroatoms. The fourth-order valence-corrected chi connectivity index (χ4v) is 4.67. The summed E-state index contributed by atoms with van der Waals surface area (Å²) in [7, 11) is 0. The van der Waals surface area contributed by atoms with Crippen LogP contribution in [0.25, 0.3) is 0 Å². The van der Waals surface area contributed by atoms with Crippen LogP contribution in [-0.4, -0.2) is 2.14 Å². The Morgan fingerprint density at radius 2 is 1.21 bits per heavy atom. The van der Waals surface area contributed by atoms with Crippen LogP contribution < -0.4 is 0 Å². The number of alkyl halides is 4. The molecule has 0 aliphatic carbocycles. The Morgan fingerprint density at radius 1 is 0.684 bits per heavy atom. The van der Waals surface area contributed by atoms with Crippen LogP contribution in [0.3, 0.4) is 0 Å². The summed E-state index contributed by atoms with van der Waals surface area (Å²) in [6.45, 7) is 0. The molecule has 2 rings (SSSR count). The van der Waals surface area contributed by atoms with E-state index in [9.17, 15) is 0 Å². The van der Waals surface area contributed by atoms with Crippen LogP contribution in [-0.2, 0) is 4.32 Å². The van der Waals surface area contributed by atoms with E-state index in [1.54, 1.807) is 0 Å². The van der Waals surface area contributed by atoms with Crippen LogP contribution in [0.15, 0.2) is 59.1 Å². The van der Waals surface area contributed by atoms with Crippen molar-refractivity contribution in [2.24, 2.45) is 0 Å². The normalized spacial score (nSPS) is 15.0. The molecule has 0 nitrogen and oxygen atoms in total. The maximum Gasteiger partial charge on any atom is 0.158 e. The Labute approximate surface area is 155 Å². The second-order valence-electron chi connectivity index (χ2n) is 4.00. The van der Waals surface area contributed by atoms with Crippen molar-refractivity contribution in [3.63, 3.8) is 0 Å². The van der Waals surface area contributed by atoms with Gasteiger partial charge >= 0.3 is 0 Å². The lowest BCUT2D eigenvalue weighted by atomic mass is 9.93. The maximum absolute atomic E-state index is 3.90. The number of hydrogen-bond acceptors (Lipinski definition) is 0. The fourth-order valence-electron chi connectivity index (χ4n) is 1.88. The summed E-state index contributed by atoms with van der Waals surface area (Å²) in [5.41, 5.74) is 2.25. The first-order valence-corrected chi connectivity index (χ1v) is 9.40. The highest BCUT2D eigenvalue weighted by Crippen LogP contribution is 2.59. The molecule has 0 bridgehead atoms. The third-order valence-corrected chi connectivity index (χ3v) is 8.36. The van der Waals surface area contributed by atoms with Gasteiger partial charge in [-0.15, -0.1) is 0 Å². The van der Waals surface area contributed by atoms with Gasteiger partial charge in [0, 0.05) is 4.47 Å². The molecular formula is C14H9Br5. The van der Waals surface area contributed by atoms with Gasteiger partial charge in [-0.25, -0.2) is 0 Å². The van der Waals surface area contributed by atoms with E-state index < -0.39 is 6.47 Å². The molecule has 0 aliphatic heterocycles.